The van der Waals surface area contributed by atoms with Gasteiger partial charge < -0.3 is 10.1 Å². The van der Waals surface area contributed by atoms with Gasteiger partial charge in [0.2, 0.25) is 0 Å². The van der Waals surface area contributed by atoms with Crippen LogP contribution >= 0.6 is 11.3 Å². The van der Waals surface area contributed by atoms with E-state index < -0.39 is 18.0 Å². The molecule has 0 radical (unpaired) electrons. The van der Waals surface area contributed by atoms with E-state index in [2.05, 4.69) is 5.32 Å². The highest BCUT2D eigenvalue weighted by Gasteiger charge is 2.31. The summed E-state index contributed by atoms with van der Waals surface area (Å²) in [5.74, 6) is -1.12. The molecule has 0 aliphatic carbocycles. The fourth-order valence-electron chi connectivity index (χ4n) is 2.28. The zero-order chi connectivity index (χ0) is 15.5. The van der Waals surface area contributed by atoms with Gasteiger partial charge in [-0.1, -0.05) is 24.3 Å². The maximum Gasteiger partial charge on any atom is 0.339 e. The van der Waals surface area contributed by atoms with E-state index in [0.29, 0.717) is 16.9 Å². The summed E-state index contributed by atoms with van der Waals surface area (Å²) in [6.45, 7) is -0.102. The van der Waals surface area contributed by atoms with Crippen LogP contribution in [0.25, 0.3) is 0 Å². The van der Waals surface area contributed by atoms with E-state index in [1.807, 2.05) is 6.07 Å². The predicted molar refractivity (Wildman–Crippen MR) is 81.0 cm³/mol. The Kier molecular flexibility index (Phi) is 4.02. The van der Waals surface area contributed by atoms with Gasteiger partial charge in [0, 0.05) is 6.42 Å². The molecular weight excluding hydrogens is 302 g/mol. The third-order valence-electron chi connectivity index (χ3n) is 3.40. The lowest BCUT2D eigenvalue weighted by Crippen LogP contribution is -2.43. The van der Waals surface area contributed by atoms with Gasteiger partial charge in [0.15, 0.2) is 11.9 Å². The fourth-order valence-corrected chi connectivity index (χ4v) is 2.95. The molecule has 2 heterocycles. The number of hydrogen-bond acceptors (Lipinski definition) is 5. The quantitative estimate of drug-likeness (QED) is 0.690. The molecule has 3 rings (SSSR count). The lowest BCUT2D eigenvalue weighted by atomic mass is 9.98. The van der Waals surface area contributed by atoms with Crippen molar-refractivity contribution in [3.05, 3.63) is 57.8 Å². The standard InChI is InChI=1S/C16H13NO4S/c18-12(14-6-3-7-22-14)9-17-15(19)13-8-10-4-1-2-5-11(10)16(20)21-13/h1-7,13H,8-9H2,(H,17,19)/t13-/m1/s1. The van der Waals surface area contributed by atoms with Crippen molar-refractivity contribution in [2.75, 3.05) is 6.54 Å². The van der Waals surface area contributed by atoms with E-state index in [1.165, 1.54) is 11.3 Å². The molecular formula is C16H13NO4S. The topological polar surface area (TPSA) is 72.5 Å². The Hall–Kier alpha value is -2.47. The number of nitrogens with one attached hydrogen (secondary N) is 1. The molecule has 1 aromatic heterocycles. The third kappa shape index (κ3) is 2.92. The van der Waals surface area contributed by atoms with Gasteiger partial charge in [0.25, 0.3) is 5.91 Å². The van der Waals surface area contributed by atoms with Crippen LogP contribution < -0.4 is 5.32 Å². The Morgan fingerprint density at radius 2 is 2.05 bits per heavy atom. The van der Waals surface area contributed by atoms with Crippen LogP contribution in [-0.2, 0) is 16.0 Å². The van der Waals surface area contributed by atoms with Crippen molar-refractivity contribution < 1.29 is 19.1 Å². The van der Waals surface area contributed by atoms with Crippen LogP contribution in [0.2, 0.25) is 0 Å². The zero-order valence-electron chi connectivity index (χ0n) is 11.6. The number of carbonyl (C=O) groups excluding carboxylic acids is 3. The van der Waals surface area contributed by atoms with E-state index in [9.17, 15) is 14.4 Å². The van der Waals surface area contributed by atoms with Crippen LogP contribution in [-0.4, -0.2) is 30.3 Å². The number of rotatable bonds is 4. The van der Waals surface area contributed by atoms with Crippen LogP contribution in [0.1, 0.15) is 25.6 Å². The second kappa shape index (κ2) is 6.11. The summed E-state index contributed by atoms with van der Waals surface area (Å²) in [4.78, 5) is 36.4. The number of ether oxygens (including phenoxy) is 1. The molecule has 0 saturated heterocycles. The molecule has 1 N–H and O–H groups in total. The first-order chi connectivity index (χ1) is 10.6. The minimum Gasteiger partial charge on any atom is -0.448 e. The molecule has 1 aliphatic heterocycles. The van der Waals surface area contributed by atoms with Crippen molar-refractivity contribution in [1.29, 1.82) is 0 Å². The van der Waals surface area contributed by atoms with Crippen molar-refractivity contribution in [3.8, 4) is 0 Å². The number of carbonyl (C=O) groups is 3. The van der Waals surface area contributed by atoms with E-state index in [4.69, 9.17) is 4.74 Å². The number of esters is 1. The van der Waals surface area contributed by atoms with Gasteiger partial charge in [0.1, 0.15) is 0 Å². The Bertz CT molecular complexity index is 724. The smallest absolute Gasteiger partial charge is 0.339 e. The summed E-state index contributed by atoms with van der Waals surface area (Å²) >= 11 is 1.32. The first-order valence-corrected chi connectivity index (χ1v) is 7.66. The van der Waals surface area contributed by atoms with Crippen LogP contribution in [0.3, 0.4) is 0 Å². The van der Waals surface area contributed by atoms with E-state index in [1.54, 1.807) is 35.7 Å². The van der Waals surface area contributed by atoms with Gasteiger partial charge in [-0.3, -0.25) is 9.59 Å². The second-order valence-corrected chi connectivity index (χ2v) is 5.82. The molecule has 5 nitrogen and oxygen atoms in total. The highest BCUT2D eigenvalue weighted by molar-refractivity contribution is 7.12. The van der Waals surface area contributed by atoms with Gasteiger partial charge >= 0.3 is 5.97 Å². The van der Waals surface area contributed by atoms with Crippen molar-refractivity contribution in [3.63, 3.8) is 0 Å². The van der Waals surface area contributed by atoms with Crippen LogP contribution in [0.15, 0.2) is 41.8 Å². The molecule has 112 valence electrons. The molecule has 6 heteroatoms. The summed E-state index contributed by atoms with van der Waals surface area (Å²) in [5, 5.41) is 4.33. The Morgan fingerprint density at radius 3 is 2.82 bits per heavy atom. The first kappa shape index (κ1) is 14.5. The number of benzene rings is 1. The second-order valence-electron chi connectivity index (χ2n) is 4.87. The summed E-state index contributed by atoms with van der Waals surface area (Å²) < 4.78 is 5.14. The normalized spacial score (nSPS) is 16.5. The molecule has 0 unspecified atom stereocenters. The average molecular weight is 315 g/mol. The molecule has 0 fully saturated rings. The number of hydrogen-bond donors (Lipinski definition) is 1. The van der Waals surface area contributed by atoms with Gasteiger partial charge in [-0.25, -0.2) is 4.79 Å². The molecule has 1 aliphatic rings. The number of cyclic esters (lactones) is 1. The largest absolute Gasteiger partial charge is 0.448 e. The van der Waals surface area contributed by atoms with Crippen LogP contribution in [0, 0.1) is 0 Å². The van der Waals surface area contributed by atoms with Crippen molar-refractivity contribution in [2.24, 2.45) is 0 Å². The van der Waals surface area contributed by atoms with Crippen LogP contribution in [0.5, 0.6) is 0 Å². The van der Waals surface area contributed by atoms with Gasteiger partial charge in [-0.15, -0.1) is 11.3 Å². The molecule has 0 saturated carbocycles. The lowest BCUT2D eigenvalue weighted by molar-refractivity contribution is -0.130. The lowest BCUT2D eigenvalue weighted by Gasteiger charge is -2.23. The molecule has 1 amide bonds. The minimum atomic E-state index is -0.890. The maximum absolute atomic E-state index is 12.1. The SMILES string of the molecule is O=C(CNC(=O)[C@H]1Cc2ccccc2C(=O)O1)c1cccs1. The van der Waals surface area contributed by atoms with Gasteiger partial charge in [0.05, 0.1) is 17.0 Å². The maximum atomic E-state index is 12.1. The van der Waals surface area contributed by atoms with Crippen molar-refractivity contribution in [2.45, 2.75) is 12.5 Å². The summed E-state index contributed by atoms with van der Waals surface area (Å²) in [5.41, 5.74) is 1.27. The Labute approximate surface area is 130 Å². The zero-order valence-corrected chi connectivity index (χ0v) is 12.4. The number of thiophene rings is 1. The highest BCUT2D eigenvalue weighted by Crippen LogP contribution is 2.20. The van der Waals surface area contributed by atoms with Crippen molar-refractivity contribution in [1.82, 2.24) is 5.32 Å². The van der Waals surface area contributed by atoms with Gasteiger partial charge in [-0.05, 0) is 23.1 Å². The summed E-state index contributed by atoms with van der Waals surface area (Å²) in [7, 11) is 0. The van der Waals surface area contributed by atoms with Gasteiger partial charge in [-0.2, -0.15) is 0 Å². The molecule has 0 bridgehead atoms. The highest BCUT2D eigenvalue weighted by atomic mass is 32.1. The molecule has 0 spiro atoms. The number of amides is 1. The van der Waals surface area contributed by atoms with E-state index in [0.717, 1.165) is 5.56 Å². The van der Waals surface area contributed by atoms with E-state index >= 15 is 0 Å². The number of fused-ring (bicyclic) bond motifs is 1. The predicted octanol–water partition coefficient (Wildman–Crippen LogP) is 1.83. The number of ketones is 1. The summed E-state index contributed by atoms with van der Waals surface area (Å²) in [6.07, 6.45) is -0.570. The third-order valence-corrected chi connectivity index (χ3v) is 4.31. The Balaban J connectivity index is 1.62. The van der Waals surface area contributed by atoms with E-state index in [-0.39, 0.29) is 12.3 Å². The monoisotopic (exact) mass is 315 g/mol. The fraction of sp³-hybridized carbons (Fsp3) is 0.188. The molecule has 1 aromatic carbocycles. The van der Waals surface area contributed by atoms with Crippen molar-refractivity contribution >= 4 is 29.0 Å². The average Bonchev–Trinajstić information content (AvgIpc) is 3.06. The Morgan fingerprint density at radius 1 is 1.23 bits per heavy atom. The minimum absolute atomic E-state index is 0.102. The summed E-state index contributed by atoms with van der Waals surface area (Å²) in [6, 6.07) is 10.5. The molecule has 1 atom stereocenters. The molecule has 22 heavy (non-hydrogen) atoms. The molecule has 2 aromatic rings. The van der Waals surface area contributed by atoms with Crippen LogP contribution in [0.4, 0.5) is 0 Å². The first-order valence-electron chi connectivity index (χ1n) is 6.78. The number of Topliss-reactive ketones (excluding diaryl/α,β-unsaturated/α-hetero) is 1.